The SMILES string of the molecule is CN1CCC(NC(=O)c2ccccc2-c2c(-c3ccc(N4CCN(C)CC4)cc3)n(C)c3nccc(Cl)c23)CC1. The number of likely N-dealkylation sites (N-methyl/N-ethyl adjacent to an activating group) is 1. The number of nitrogens with one attached hydrogen (secondary N) is 1. The molecule has 2 aliphatic rings. The second-order valence-corrected chi connectivity index (χ2v) is 11.6. The number of carbonyl (C=O) groups is 1. The largest absolute Gasteiger partial charge is 0.369 e. The zero-order chi connectivity index (χ0) is 27.8. The fourth-order valence-electron chi connectivity index (χ4n) is 6.12. The Hall–Kier alpha value is -3.39. The molecule has 4 heterocycles. The quantitative estimate of drug-likeness (QED) is 0.369. The third-order valence-electron chi connectivity index (χ3n) is 8.52. The van der Waals surface area contributed by atoms with Gasteiger partial charge in [0.2, 0.25) is 0 Å². The Kier molecular flexibility index (Phi) is 7.53. The van der Waals surface area contributed by atoms with E-state index >= 15 is 0 Å². The van der Waals surface area contributed by atoms with Crippen LogP contribution in [0.5, 0.6) is 0 Å². The Morgan fingerprint density at radius 1 is 0.875 bits per heavy atom. The molecule has 1 N–H and O–H groups in total. The van der Waals surface area contributed by atoms with E-state index in [0.29, 0.717) is 10.6 Å². The van der Waals surface area contributed by atoms with Gasteiger partial charge in [-0.15, -0.1) is 0 Å². The fourth-order valence-corrected chi connectivity index (χ4v) is 6.35. The van der Waals surface area contributed by atoms with E-state index in [1.807, 2.05) is 37.4 Å². The average Bonchev–Trinajstić information content (AvgIpc) is 3.28. The van der Waals surface area contributed by atoms with Gasteiger partial charge in [0.05, 0.1) is 10.7 Å². The summed E-state index contributed by atoms with van der Waals surface area (Å²) in [6.07, 6.45) is 3.66. The molecule has 1 amide bonds. The van der Waals surface area contributed by atoms with Gasteiger partial charge in [0.25, 0.3) is 5.91 Å². The number of aryl methyl sites for hydroxylation is 1. The van der Waals surface area contributed by atoms with E-state index in [1.54, 1.807) is 6.20 Å². The maximum Gasteiger partial charge on any atom is 0.252 e. The van der Waals surface area contributed by atoms with Crippen LogP contribution >= 0.6 is 11.6 Å². The molecule has 0 saturated carbocycles. The molecule has 2 aliphatic heterocycles. The summed E-state index contributed by atoms with van der Waals surface area (Å²) in [4.78, 5) is 25.5. The molecule has 40 heavy (non-hydrogen) atoms. The Morgan fingerprint density at radius 2 is 1.55 bits per heavy atom. The molecule has 0 unspecified atom stereocenters. The summed E-state index contributed by atoms with van der Waals surface area (Å²) in [6, 6.07) is 18.7. The molecule has 2 aromatic carbocycles. The minimum Gasteiger partial charge on any atom is -0.369 e. The van der Waals surface area contributed by atoms with Crippen LogP contribution in [0.3, 0.4) is 0 Å². The van der Waals surface area contributed by atoms with E-state index < -0.39 is 0 Å². The van der Waals surface area contributed by atoms with Crippen LogP contribution in [-0.4, -0.2) is 84.7 Å². The number of fused-ring (bicyclic) bond motifs is 1. The van der Waals surface area contributed by atoms with Gasteiger partial charge in [0.15, 0.2) is 0 Å². The van der Waals surface area contributed by atoms with Crippen LogP contribution in [0.4, 0.5) is 5.69 Å². The molecule has 0 aliphatic carbocycles. The number of carbonyl (C=O) groups excluding carboxylic acids is 1. The van der Waals surface area contributed by atoms with Crippen molar-refractivity contribution in [2.75, 3.05) is 58.3 Å². The van der Waals surface area contributed by atoms with Crippen LogP contribution in [0.2, 0.25) is 5.02 Å². The Labute approximate surface area is 241 Å². The summed E-state index contributed by atoms with van der Waals surface area (Å²) >= 11 is 6.86. The topological polar surface area (TPSA) is 56.6 Å². The van der Waals surface area contributed by atoms with Crippen LogP contribution in [0.25, 0.3) is 33.4 Å². The number of piperazine rings is 1. The van der Waals surface area contributed by atoms with Gasteiger partial charge in [0.1, 0.15) is 5.65 Å². The number of benzene rings is 2. The fraction of sp³-hybridized carbons (Fsp3) is 0.375. The molecule has 0 spiro atoms. The lowest BCUT2D eigenvalue weighted by molar-refractivity contribution is 0.0917. The minimum atomic E-state index is -0.0430. The van der Waals surface area contributed by atoms with Gasteiger partial charge in [-0.1, -0.05) is 41.9 Å². The molecule has 2 fully saturated rings. The number of rotatable bonds is 5. The van der Waals surface area contributed by atoms with Gasteiger partial charge in [-0.05, 0) is 75.4 Å². The van der Waals surface area contributed by atoms with Gasteiger partial charge in [0, 0.05) is 67.7 Å². The van der Waals surface area contributed by atoms with E-state index in [4.69, 9.17) is 16.6 Å². The summed E-state index contributed by atoms with van der Waals surface area (Å²) in [5.74, 6) is -0.0430. The van der Waals surface area contributed by atoms with E-state index in [-0.39, 0.29) is 11.9 Å². The van der Waals surface area contributed by atoms with Crippen molar-refractivity contribution in [2.24, 2.45) is 7.05 Å². The zero-order valence-electron chi connectivity index (χ0n) is 23.5. The predicted molar refractivity (Wildman–Crippen MR) is 164 cm³/mol. The predicted octanol–water partition coefficient (Wildman–Crippen LogP) is 5.14. The highest BCUT2D eigenvalue weighted by Crippen LogP contribution is 2.44. The van der Waals surface area contributed by atoms with Crippen LogP contribution in [-0.2, 0) is 7.05 Å². The van der Waals surface area contributed by atoms with E-state index in [2.05, 4.69) is 62.9 Å². The van der Waals surface area contributed by atoms with E-state index in [9.17, 15) is 4.79 Å². The molecule has 2 aromatic heterocycles. The smallest absolute Gasteiger partial charge is 0.252 e. The number of likely N-dealkylation sites (tertiary alicyclic amines) is 1. The molecule has 8 heteroatoms. The number of hydrogen-bond donors (Lipinski definition) is 1. The first-order chi connectivity index (χ1) is 19.4. The van der Waals surface area contributed by atoms with Gasteiger partial charge in [-0.3, -0.25) is 4.79 Å². The van der Waals surface area contributed by atoms with E-state index in [0.717, 1.165) is 85.5 Å². The van der Waals surface area contributed by atoms with Crippen molar-refractivity contribution in [3.63, 3.8) is 0 Å². The van der Waals surface area contributed by atoms with Gasteiger partial charge in [-0.25, -0.2) is 4.98 Å². The number of halogens is 1. The standard InChI is InChI=1S/C32H37ClN6O/c1-36-16-13-23(14-17-36)35-32(40)26-7-5-4-6-25(26)28-29-27(33)12-15-34-31(29)38(3)30(28)22-8-10-24(11-9-22)39-20-18-37(2)19-21-39/h4-12,15,23H,13-14,16-21H2,1-3H3,(H,35,40). The van der Waals surface area contributed by atoms with Crippen molar-refractivity contribution in [3.05, 3.63) is 71.4 Å². The first-order valence-corrected chi connectivity index (χ1v) is 14.5. The zero-order valence-corrected chi connectivity index (χ0v) is 24.3. The van der Waals surface area contributed by atoms with Crippen molar-refractivity contribution in [1.82, 2.24) is 24.7 Å². The highest BCUT2D eigenvalue weighted by molar-refractivity contribution is 6.37. The van der Waals surface area contributed by atoms with Crippen molar-refractivity contribution in [2.45, 2.75) is 18.9 Å². The number of amides is 1. The lowest BCUT2D eigenvalue weighted by Gasteiger charge is -2.34. The molecule has 4 aromatic rings. The molecule has 0 radical (unpaired) electrons. The summed E-state index contributed by atoms with van der Waals surface area (Å²) in [7, 11) is 6.33. The number of aromatic nitrogens is 2. The molecule has 7 nitrogen and oxygen atoms in total. The van der Waals surface area contributed by atoms with Crippen LogP contribution in [0.15, 0.2) is 60.8 Å². The third-order valence-corrected chi connectivity index (χ3v) is 8.84. The molecule has 208 valence electrons. The second-order valence-electron chi connectivity index (χ2n) is 11.2. The van der Waals surface area contributed by atoms with Crippen LogP contribution in [0.1, 0.15) is 23.2 Å². The first kappa shape index (κ1) is 26.8. The Bertz CT molecular complexity index is 1510. The number of pyridine rings is 1. The first-order valence-electron chi connectivity index (χ1n) is 14.2. The van der Waals surface area contributed by atoms with Crippen LogP contribution < -0.4 is 10.2 Å². The summed E-state index contributed by atoms with van der Waals surface area (Å²) < 4.78 is 2.10. The van der Waals surface area contributed by atoms with Gasteiger partial charge in [-0.2, -0.15) is 0 Å². The average molecular weight is 557 g/mol. The summed E-state index contributed by atoms with van der Waals surface area (Å²) in [6.45, 7) is 6.16. The van der Waals surface area contributed by atoms with Gasteiger partial charge >= 0.3 is 0 Å². The van der Waals surface area contributed by atoms with Crippen LogP contribution in [0, 0.1) is 0 Å². The molecule has 0 atom stereocenters. The van der Waals surface area contributed by atoms with Crippen molar-refractivity contribution >= 4 is 34.2 Å². The normalized spacial score (nSPS) is 17.4. The monoisotopic (exact) mass is 556 g/mol. The maximum atomic E-state index is 13.7. The van der Waals surface area contributed by atoms with Crippen molar-refractivity contribution < 1.29 is 4.79 Å². The summed E-state index contributed by atoms with van der Waals surface area (Å²) in [5, 5.41) is 4.80. The number of hydrogen-bond acceptors (Lipinski definition) is 5. The Morgan fingerprint density at radius 3 is 2.27 bits per heavy atom. The molecule has 2 saturated heterocycles. The van der Waals surface area contributed by atoms with Crippen molar-refractivity contribution in [1.29, 1.82) is 0 Å². The number of nitrogens with zero attached hydrogens (tertiary/aromatic N) is 5. The number of piperidine rings is 1. The molecular formula is C32H37ClN6O. The maximum absolute atomic E-state index is 13.7. The molecular weight excluding hydrogens is 520 g/mol. The molecule has 0 bridgehead atoms. The highest BCUT2D eigenvalue weighted by Gasteiger charge is 2.26. The minimum absolute atomic E-state index is 0.0430. The second kappa shape index (κ2) is 11.2. The lowest BCUT2D eigenvalue weighted by Crippen LogP contribution is -2.44. The van der Waals surface area contributed by atoms with Gasteiger partial charge < -0.3 is 24.6 Å². The number of anilines is 1. The van der Waals surface area contributed by atoms with Crippen molar-refractivity contribution in [3.8, 4) is 22.4 Å². The lowest BCUT2D eigenvalue weighted by atomic mass is 9.94. The van der Waals surface area contributed by atoms with E-state index in [1.165, 1.54) is 5.69 Å². The summed E-state index contributed by atoms with van der Waals surface area (Å²) in [5.41, 5.74) is 6.56. The Balaban J connectivity index is 1.43. The third kappa shape index (κ3) is 5.09. The molecule has 6 rings (SSSR count). The highest BCUT2D eigenvalue weighted by atomic mass is 35.5.